The summed E-state index contributed by atoms with van der Waals surface area (Å²) in [7, 11) is 0. The molecule has 1 heterocycles. The van der Waals surface area contributed by atoms with Gasteiger partial charge in [-0.2, -0.15) is 5.26 Å². The highest BCUT2D eigenvalue weighted by Crippen LogP contribution is 2.26. The lowest BCUT2D eigenvalue weighted by atomic mass is 10.1. The van der Waals surface area contributed by atoms with Crippen LogP contribution in [0.4, 0.5) is 11.4 Å². The van der Waals surface area contributed by atoms with Gasteiger partial charge < -0.3 is 10.6 Å². The summed E-state index contributed by atoms with van der Waals surface area (Å²) in [6.07, 6.45) is 0.662. The molecule has 2 N–H and O–H groups in total. The van der Waals surface area contributed by atoms with E-state index in [1.165, 1.54) is 0 Å². The Morgan fingerprint density at radius 3 is 2.86 bits per heavy atom. The quantitative estimate of drug-likeness (QED) is 0.887. The highest BCUT2D eigenvalue weighted by atomic mass is 16.2. The minimum Gasteiger partial charge on any atom is -0.373 e. The van der Waals surface area contributed by atoms with E-state index in [1.54, 1.807) is 6.07 Å². The number of carbonyl (C=O) groups excluding carboxylic acids is 1. The Bertz CT molecular complexity index is 721. The van der Waals surface area contributed by atoms with Crippen molar-refractivity contribution in [3.05, 3.63) is 59.2 Å². The molecule has 0 bridgehead atoms. The van der Waals surface area contributed by atoms with Gasteiger partial charge >= 0.3 is 0 Å². The number of carbonyl (C=O) groups is 1. The van der Waals surface area contributed by atoms with Gasteiger partial charge in [0, 0.05) is 12.1 Å². The van der Waals surface area contributed by atoms with E-state index in [9.17, 15) is 10.1 Å². The number of aryl methyl sites for hydroxylation is 1. The van der Waals surface area contributed by atoms with Crippen molar-refractivity contribution in [1.29, 1.82) is 5.26 Å². The SMILES string of the molecule is Cc1cccc(NC(=O)[C@@H]2Cc3ccccc3N2)c1C#N. The molecule has 2 aromatic carbocycles. The summed E-state index contributed by atoms with van der Waals surface area (Å²) in [4.78, 5) is 12.4. The van der Waals surface area contributed by atoms with E-state index in [0.29, 0.717) is 17.7 Å². The molecule has 0 aliphatic carbocycles. The Labute approximate surface area is 123 Å². The first-order valence-electron chi connectivity index (χ1n) is 6.84. The van der Waals surface area contributed by atoms with Crippen molar-refractivity contribution in [2.24, 2.45) is 0 Å². The summed E-state index contributed by atoms with van der Waals surface area (Å²) in [5, 5.41) is 15.3. The summed E-state index contributed by atoms with van der Waals surface area (Å²) >= 11 is 0. The van der Waals surface area contributed by atoms with Crippen molar-refractivity contribution < 1.29 is 4.79 Å². The van der Waals surface area contributed by atoms with Crippen LogP contribution in [0.1, 0.15) is 16.7 Å². The Balaban J connectivity index is 1.78. The number of para-hydroxylation sites is 1. The van der Waals surface area contributed by atoms with Gasteiger partial charge in [-0.1, -0.05) is 30.3 Å². The van der Waals surface area contributed by atoms with Gasteiger partial charge in [-0.3, -0.25) is 4.79 Å². The van der Waals surface area contributed by atoms with Crippen LogP contribution in [0, 0.1) is 18.3 Å². The predicted octanol–water partition coefficient (Wildman–Crippen LogP) is 2.84. The third-order valence-corrected chi connectivity index (χ3v) is 3.73. The largest absolute Gasteiger partial charge is 0.373 e. The molecule has 3 rings (SSSR count). The second kappa shape index (κ2) is 5.29. The lowest BCUT2D eigenvalue weighted by Crippen LogP contribution is -2.33. The molecular weight excluding hydrogens is 262 g/mol. The fourth-order valence-electron chi connectivity index (χ4n) is 2.60. The van der Waals surface area contributed by atoms with Crippen LogP contribution in [0.2, 0.25) is 0 Å². The Hall–Kier alpha value is -2.80. The Morgan fingerprint density at radius 2 is 2.10 bits per heavy atom. The van der Waals surface area contributed by atoms with Gasteiger partial charge in [-0.05, 0) is 30.2 Å². The average molecular weight is 277 g/mol. The molecule has 1 aliphatic rings. The van der Waals surface area contributed by atoms with E-state index in [1.807, 2.05) is 43.3 Å². The fourth-order valence-corrected chi connectivity index (χ4v) is 2.60. The predicted molar refractivity (Wildman–Crippen MR) is 82.1 cm³/mol. The molecule has 0 fully saturated rings. The summed E-state index contributed by atoms with van der Waals surface area (Å²) in [5.74, 6) is -0.117. The minimum atomic E-state index is -0.297. The van der Waals surface area contributed by atoms with Crippen LogP contribution in [0.5, 0.6) is 0 Å². The monoisotopic (exact) mass is 277 g/mol. The second-order valence-corrected chi connectivity index (χ2v) is 5.16. The van der Waals surface area contributed by atoms with Crippen molar-refractivity contribution >= 4 is 17.3 Å². The molecule has 0 saturated heterocycles. The molecule has 0 spiro atoms. The standard InChI is InChI=1S/C17H15N3O/c1-11-5-4-8-15(13(11)10-18)20-17(21)16-9-12-6-2-3-7-14(12)19-16/h2-8,16,19H,9H2,1H3,(H,20,21)/t16-/m0/s1. The molecule has 0 saturated carbocycles. The first-order valence-corrected chi connectivity index (χ1v) is 6.84. The van der Waals surface area contributed by atoms with E-state index in [0.717, 1.165) is 16.8 Å². The molecule has 104 valence electrons. The molecule has 0 unspecified atom stereocenters. The van der Waals surface area contributed by atoms with Gasteiger partial charge in [0.15, 0.2) is 0 Å². The topological polar surface area (TPSA) is 64.9 Å². The van der Waals surface area contributed by atoms with Crippen molar-refractivity contribution in [2.75, 3.05) is 10.6 Å². The zero-order chi connectivity index (χ0) is 14.8. The van der Waals surface area contributed by atoms with Gasteiger partial charge in [0.05, 0.1) is 11.3 Å². The lowest BCUT2D eigenvalue weighted by Gasteiger charge is -2.13. The number of nitrogens with one attached hydrogen (secondary N) is 2. The van der Waals surface area contributed by atoms with Crippen molar-refractivity contribution in [2.45, 2.75) is 19.4 Å². The maximum Gasteiger partial charge on any atom is 0.247 e. The number of anilines is 2. The molecule has 1 amide bonds. The summed E-state index contributed by atoms with van der Waals surface area (Å²) in [5.41, 5.74) is 4.09. The van der Waals surface area contributed by atoms with Gasteiger partial charge in [0.2, 0.25) is 5.91 Å². The third-order valence-electron chi connectivity index (χ3n) is 3.73. The Kier molecular flexibility index (Phi) is 3.33. The van der Waals surface area contributed by atoms with Crippen LogP contribution >= 0.6 is 0 Å². The number of benzene rings is 2. The molecule has 0 aromatic heterocycles. The highest BCUT2D eigenvalue weighted by molar-refractivity contribution is 5.99. The number of hydrogen-bond donors (Lipinski definition) is 2. The number of hydrogen-bond acceptors (Lipinski definition) is 3. The Morgan fingerprint density at radius 1 is 1.29 bits per heavy atom. The number of fused-ring (bicyclic) bond motifs is 1. The maximum absolute atomic E-state index is 12.4. The van der Waals surface area contributed by atoms with E-state index < -0.39 is 0 Å². The molecule has 1 aliphatic heterocycles. The maximum atomic E-state index is 12.4. The normalized spacial score (nSPS) is 15.7. The van der Waals surface area contributed by atoms with Crippen LogP contribution in [0.15, 0.2) is 42.5 Å². The fraction of sp³-hybridized carbons (Fsp3) is 0.176. The summed E-state index contributed by atoms with van der Waals surface area (Å²) < 4.78 is 0. The summed E-state index contributed by atoms with van der Waals surface area (Å²) in [6, 6.07) is 15.2. The van der Waals surface area contributed by atoms with E-state index in [2.05, 4.69) is 16.7 Å². The van der Waals surface area contributed by atoms with Crippen LogP contribution in [0.25, 0.3) is 0 Å². The molecular formula is C17H15N3O. The number of amides is 1. The number of rotatable bonds is 2. The highest BCUT2D eigenvalue weighted by Gasteiger charge is 2.26. The molecule has 4 heteroatoms. The van der Waals surface area contributed by atoms with Crippen LogP contribution in [-0.2, 0) is 11.2 Å². The van der Waals surface area contributed by atoms with E-state index in [-0.39, 0.29) is 11.9 Å². The first kappa shape index (κ1) is 13.2. The van der Waals surface area contributed by atoms with Crippen LogP contribution in [-0.4, -0.2) is 11.9 Å². The first-order chi connectivity index (χ1) is 10.2. The molecule has 4 nitrogen and oxygen atoms in total. The minimum absolute atomic E-state index is 0.117. The van der Waals surface area contributed by atoms with Crippen molar-refractivity contribution in [3.63, 3.8) is 0 Å². The van der Waals surface area contributed by atoms with Crippen molar-refractivity contribution in [3.8, 4) is 6.07 Å². The third kappa shape index (κ3) is 2.46. The van der Waals surface area contributed by atoms with Gasteiger partial charge in [0.1, 0.15) is 12.1 Å². The molecule has 21 heavy (non-hydrogen) atoms. The molecule has 0 radical (unpaired) electrons. The van der Waals surface area contributed by atoms with Crippen LogP contribution < -0.4 is 10.6 Å². The smallest absolute Gasteiger partial charge is 0.247 e. The zero-order valence-corrected chi connectivity index (χ0v) is 11.7. The second-order valence-electron chi connectivity index (χ2n) is 5.16. The summed E-state index contributed by atoms with van der Waals surface area (Å²) in [6.45, 7) is 1.86. The van der Waals surface area contributed by atoms with Crippen LogP contribution in [0.3, 0.4) is 0 Å². The zero-order valence-electron chi connectivity index (χ0n) is 11.7. The molecule has 1 atom stereocenters. The lowest BCUT2D eigenvalue weighted by molar-refractivity contribution is -0.116. The van der Waals surface area contributed by atoms with Gasteiger partial charge in [-0.25, -0.2) is 0 Å². The van der Waals surface area contributed by atoms with E-state index in [4.69, 9.17) is 0 Å². The number of nitriles is 1. The molecule has 2 aromatic rings. The van der Waals surface area contributed by atoms with Crippen molar-refractivity contribution in [1.82, 2.24) is 0 Å². The van der Waals surface area contributed by atoms with Gasteiger partial charge in [0.25, 0.3) is 0 Å². The average Bonchev–Trinajstić information content (AvgIpc) is 2.91. The van der Waals surface area contributed by atoms with E-state index >= 15 is 0 Å². The number of nitrogens with zero attached hydrogens (tertiary/aromatic N) is 1. The van der Waals surface area contributed by atoms with Gasteiger partial charge in [-0.15, -0.1) is 0 Å².